The van der Waals surface area contributed by atoms with Crippen LogP contribution in [0.4, 0.5) is 4.39 Å². The van der Waals surface area contributed by atoms with Gasteiger partial charge in [0.1, 0.15) is 11.6 Å². The fourth-order valence-electron chi connectivity index (χ4n) is 3.47. The lowest BCUT2D eigenvalue weighted by molar-refractivity contribution is -0.178. The van der Waals surface area contributed by atoms with Crippen LogP contribution in [0.25, 0.3) is 6.08 Å². The molecule has 0 bridgehead atoms. The molecule has 3 N–H and O–H groups in total. The summed E-state index contributed by atoms with van der Waals surface area (Å²) in [5.41, 5.74) is 0.329. The maximum Gasteiger partial charge on any atom is 0.303 e. The van der Waals surface area contributed by atoms with Crippen LogP contribution in [0.2, 0.25) is 0 Å². The monoisotopic (exact) mass is 364 g/mol. The molecule has 1 fully saturated rings. The zero-order chi connectivity index (χ0) is 19.2. The van der Waals surface area contributed by atoms with Crippen molar-refractivity contribution in [2.45, 2.75) is 50.7 Å². The van der Waals surface area contributed by atoms with Gasteiger partial charge in [0.15, 0.2) is 5.79 Å². The van der Waals surface area contributed by atoms with Crippen LogP contribution in [0.5, 0.6) is 0 Å². The van der Waals surface area contributed by atoms with E-state index in [2.05, 4.69) is 0 Å². The van der Waals surface area contributed by atoms with E-state index in [0.717, 1.165) is 12.8 Å². The topological polar surface area (TPSA) is 94.8 Å². The summed E-state index contributed by atoms with van der Waals surface area (Å²) >= 11 is 0. The summed E-state index contributed by atoms with van der Waals surface area (Å²) in [6.07, 6.45) is 6.14. The molecule has 6 heteroatoms. The fraction of sp³-hybridized carbons (Fsp3) is 0.500. The van der Waals surface area contributed by atoms with Gasteiger partial charge in [0.25, 0.3) is 0 Å². The number of ketones is 1. The highest BCUT2D eigenvalue weighted by Gasteiger charge is 2.49. The van der Waals surface area contributed by atoms with Crippen LogP contribution in [-0.4, -0.2) is 32.9 Å². The molecule has 0 unspecified atom stereocenters. The number of carbonyl (C=O) groups excluding carboxylic acids is 1. The van der Waals surface area contributed by atoms with Crippen LogP contribution in [-0.2, 0) is 9.59 Å². The van der Waals surface area contributed by atoms with E-state index in [1.807, 2.05) is 0 Å². The lowest BCUT2D eigenvalue weighted by atomic mass is 9.87. The number of aliphatic carboxylic acids is 1. The molecule has 0 radical (unpaired) electrons. The number of benzene rings is 1. The first-order valence-corrected chi connectivity index (χ1v) is 8.93. The summed E-state index contributed by atoms with van der Waals surface area (Å²) in [4.78, 5) is 22.7. The summed E-state index contributed by atoms with van der Waals surface area (Å²) in [7, 11) is 0. The van der Waals surface area contributed by atoms with Gasteiger partial charge in [-0.1, -0.05) is 49.6 Å². The lowest BCUT2D eigenvalue weighted by Crippen LogP contribution is -2.33. The first-order valence-electron chi connectivity index (χ1n) is 8.93. The SMILES string of the molecule is O=C(O)CCCCCC[C@@H]1C(=O)CC(O)(O)[C@H]1C=Cc1ccccc1F. The van der Waals surface area contributed by atoms with Crippen molar-refractivity contribution in [3.05, 3.63) is 41.7 Å². The number of carbonyl (C=O) groups is 2. The summed E-state index contributed by atoms with van der Waals surface area (Å²) in [6.45, 7) is 0. The molecule has 1 saturated carbocycles. The second-order valence-electron chi connectivity index (χ2n) is 6.88. The van der Waals surface area contributed by atoms with Crippen LogP contribution < -0.4 is 0 Å². The summed E-state index contributed by atoms with van der Waals surface area (Å²) in [6, 6.07) is 6.15. The zero-order valence-corrected chi connectivity index (χ0v) is 14.6. The van der Waals surface area contributed by atoms with E-state index in [1.165, 1.54) is 18.2 Å². The van der Waals surface area contributed by atoms with E-state index >= 15 is 0 Å². The third-order valence-corrected chi connectivity index (χ3v) is 4.86. The number of halogens is 1. The predicted octanol–water partition coefficient (Wildman–Crippen LogP) is 3.15. The van der Waals surface area contributed by atoms with Gasteiger partial charge in [-0.2, -0.15) is 0 Å². The van der Waals surface area contributed by atoms with Crippen molar-refractivity contribution in [2.75, 3.05) is 0 Å². The van der Waals surface area contributed by atoms with E-state index in [-0.39, 0.29) is 18.6 Å². The van der Waals surface area contributed by atoms with Crippen molar-refractivity contribution in [1.82, 2.24) is 0 Å². The maximum atomic E-state index is 13.7. The molecule has 0 heterocycles. The Labute approximate surface area is 152 Å². The molecule has 1 aromatic rings. The molecule has 1 aromatic carbocycles. The van der Waals surface area contributed by atoms with Crippen molar-refractivity contribution in [1.29, 1.82) is 0 Å². The number of Topliss-reactive ketones (excluding diaryl/α,β-unsaturated/α-hetero) is 1. The third-order valence-electron chi connectivity index (χ3n) is 4.86. The van der Waals surface area contributed by atoms with E-state index in [1.54, 1.807) is 18.2 Å². The average Bonchev–Trinajstić information content (AvgIpc) is 2.78. The molecule has 0 saturated heterocycles. The summed E-state index contributed by atoms with van der Waals surface area (Å²) in [5, 5.41) is 28.9. The predicted molar refractivity (Wildman–Crippen MR) is 94.5 cm³/mol. The lowest BCUT2D eigenvalue weighted by Gasteiger charge is -2.24. The Morgan fingerprint density at radius 3 is 2.58 bits per heavy atom. The minimum absolute atomic E-state index is 0.132. The number of hydrogen-bond donors (Lipinski definition) is 3. The molecule has 5 nitrogen and oxygen atoms in total. The fourth-order valence-corrected chi connectivity index (χ4v) is 3.47. The molecule has 142 valence electrons. The van der Waals surface area contributed by atoms with Gasteiger partial charge in [-0.15, -0.1) is 0 Å². The Kier molecular flexibility index (Phi) is 7.06. The smallest absolute Gasteiger partial charge is 0.303 e. The highest BCUT2D eigenvalue weighted by Crippen LogP contribution is 2.40. The second-order valence-corrected chi connectivity index (χ2v) is 6.88. The van der Waals surface area contributed by atoms with Gasteiger partial charge in [-0.25, -0.2) is 4.39 Å². The molecule has 1 aliphatic rings. The number of carboxylic acid groups (broad SMARTS) is 1. The molecular formula is C20H25FO5. The largest absolute Gasteiger partial charge is 0.481 e. The first-order chi connectivity index (χ1) is 12.3. The Bertz CT molecular complexity index is 668. The first kappa shape index (κ1) is 20.3. The molecule has 0 aromatic heterocycles. The van der Waals surface area contributed by atoms with Crippen LogP contribution >= 0.6 is 0 Å². The molecule has 2 atom stereocenters. The normalized spacial score (nSPS) is 22.2. The van der Waals surface area contributed by atoms with E-state index < -0.39 is 29.4 Å². The van der Waals surface area contributed by atoms with Crippen molar-refractivity contribution in [3.8, 4) is 0 Å². The van der Waals surface area contributed by atoms with E-state index in [0.29, 0.717) is 24.8 Å². The van der Waals surface area contributed by atoms with Crippen LogP contribution in [0.15, 0.2) is 30.3 Å². The van der Waals surface area contributed by atoms with Gasteiger partial charge in [0.05, 0.1) is 6.42 Å². The summed E-state index contributed by atoms with van der Waals surface area (Å²) < 4.78 is 13.7. The highest BCUT2D eigenvalue weighted by molar-refractivity contribution is 5.85. The number of carboxylic acids is 1. The molecule has 0 amide bonds. The highest BCUT2D eigenvalue weighted by atomic mass is 19.1. The Morgan fingerprint density at radius 1 is 1.19 bits per heavy atom. The standard InChI is InChI=1S/C20H25FO5/c21-17-9-6-5-7-14(17)11-12-16-15(18(22)13-20(16,25)26)8-3-1-2-4-10-19(23)24/h5-7,9,11-12,15-16,25-26H,1-4,8,10,13H2,(H,23,24)/t15-,16-/m0/s1. The number of aliphatic hydroxyl groups is 2. The Morgan fingerprint density at radius 2 is 1.88 bits per heavy atom. The van der Waals surface area contributed by atoms with Gasteiger partial charge in [-0.05, 0) is 18.9 Å². The second kappa shape index (κ2) is 9.05. The van der Waals surface area contributed by atoms with Crippen molar-refractivity contribution >= 4 is 17.8 Å². The molecule has 0 spiro atoms. The summed E-state index contributed by atoms with van der Waals surface area (Å²) in [5.74, 6) is -4.86. The van der Waals surface area contributed by atoms with Gasteiger partial charge in [0, 0.05) is 23.8 Å². The Hall–Kier alpha value is -2.05. The zero-order valence-electron chi connectivity index (χ0n) is 14.6. The van der Waals surface area contributed by atoms with Gasteiger partial charge < -0.3 is 15.3 Å². The van der Waals surface area contributed by atoms with Gasteiger partial charge in [0.2, 0.25) is 0 Å². The molecular weight excluding hydrogens is 339 g/mol. The molecule has 0 aliphatic heterocycles. The van der Waals surface area contributed by atoms with E-state index in [4.69, 9.17) is 5.11 Å². The maximum absolute atomic E-state index is 13.7. The number of hydrogen-bond acceptors (Lipinski definition) is 4. The van der Waals surface area contributed by atoms with Crippen molar-refractivity contribution in [3.63, 3.8) is 0 Å². The van der Waals surface area contributed by atoms with Gasteiger partial charge in [-0.3, -0.25) is 9.59 Å². The molecule has 1 aliphatic carbocycles. The Balaban J connectivity index is 1.96. The van der Waals surface area contributed by atoms with Crippen molar-refractivity contribution in [2.24, 2.45) is 11.8 Å². The minimum Gasteiger partial charge on any atom is -0.481 e. The molecule has 26 heavy (non-hydrogen) atoms. The third kappa shape index (κ3) is 5.47. The van der Waals surface area contributed by atoms with Crippen molar-refractivity contribution < 1.29 is 29.3 Å². The van der Waals surface area contributed by atoms with E-state index in [9.17, 15) is 24.2 Å². The van der Waals surface area contributed by atoms with Crippen LogP contribution in [0, 0.1) is 17.7 Å². The number of unbranched alkanes of at least 4 members (excludes halogenated alkanes) is 3. The van der Waals surface area contributed by atoms with Crippen LogP contribution in [0.3, 0.4) is 0 Å². The van der Waals surface area contributed by atoms with Crippen LogP contribution in [0.1, 0.15) is 50.5 Å². The molecule has 2 rings (SSSR count). The minimum atomic E-state index is -2.12. The number of rotatable bonds is 9. The van der Waals surface area contributed by atoms with Gasteiger partial charge >= 0.3 is 5.97 Å². The average molecular weight is 364 g/mol. The quantitative estimate of drug-likeness (QED) is 0.462.